The number of hydrogen-bond donors (Lipinski definition) is 2. The van der Waals surface area contributed by atoms with Crippen LogP contribution in [0.1, 0.15) is 40.0 Å². The van der Waals surface area contributed by atoms with Gasteiger partial charge in [0.05, 0.1) is 0 Å². The molecule has 0 saturated heterocycles. The number of aliphatic carboxylic acids is 1. The van der Waals surface area contributed by atoms with E-state index in [4.69, 9.17) is 9.84 Å². The molecule has 0 radical (unpaired) electrons. The molecular formula is C12H23NO4. The number of rotatable bonds is 8. The lowest BCUT2D eigenvalue weighted by molar-refractivity contribution is -0.142. The van der Waals surface area contributed by atoms with E-state index in [1.165, 1.54) is 7.11 Å². The second-order valence-electron chi connectivity index (χ2n) is 4.54. The van der Waals surface area contributed by atoms with Gasteiger partial charge >= 0.3 is 5.97 Å². The fourth-order valence-electron chi connectivity index (χ4n) is 1.32. The van der Waals surface area contributed by atoms with Crippen LogP contribution in [0.3, 0.4) is 0 Å². The van der Waals surface area contributed by atoms with Crippen LogP contribution in [0.5, 0.6) is 0 Å². The smallest absolute Gasteiger partial charge is 0.303 e. The van der Waals surface area contributed by atoms with Crippen molar-refractivity contribution in [3.63, 3.8) is 0 Å². The van der Waals surface area contributed by atoms with Crippen LogP contribution in [0, 0.1) is 5.92 Å². The molecule has 0 aromatic carbocycles. The van der Waals surface area contributed by atoms with Crippen molar-refractivity contribution >= 4 is 11.9 Å². The van der Waals surface area contributed by atoms with Crippen molar-refractivity contribution in [1.29, 1.82) is 0 Å². The first-order valence-electron chi connectivity index (χ1n) is 5.91. The van der Waals surface area contributed by atoms with Gasteiger partial charge < -0.3 is 15.2 Å². The third kappa shape index (κ3) is 5.68. The summed E-state index contributed by atoms with van der Waals surface area (Å²) in [6.45, 7) is 6.02. The van der Waals surface area contributed by atoms with Crippen LogP contribution in [0.25, 0.3) is 0 Å². The van der Waals surface area contributed by atoms with E-state index in [9.17, 15) is 9.59 Å². The number of methoxy groups -OCH3 is 1. The van der Waals surface area contributed by atoms with Crippen LogP contribution in [0.4, 0.5) is 0 Å². The summed E-state index contributed by atoms with van der Waals surface area (Å²) < 4.78 is 5.17. The molecule has 2 atom stereocenters. The van der Waals surface area contributed by atoms with Crippen LogP contribution >= 0.6 is 0 Å². The maximum absolute atomic E-state index is 11.8. The summed E-state index contributed by atoms with van der Waals surface area (Å²) in [4.78, 5) is 22.2. The van der Waals surface area contributed by atoms with Gasteiger partial charge in [0.2, 0.25) is 0 Å². The lowest BCUT2D eigenvalue weighted by Gasteiger charge is -2.26. The molecule has 1 amide bonds. The maximum atomic E-state index is 11.8. The molecule has 5 heteroatoms. The largest absolute Gasteiger partial charge is 0.481 e. The van der Waals surface area contributed by atoms with Gasteiger partial charge in [0.25, 0.3) is 5.91 Å². The number of carbonyl (C=O) groups is 2. The summed E-state index contributed by atoms with van der Waals surface area (Å²) >= 11 is 0. The first-order chi connectivity index (χ1) is 7.85. The lowest BCUT2D eigenvalue weighted by Crippen LogP contribution is -2.46. The third-order valence-electron chi connectivity index (χ3n) is 3.07. The van der Waals surface area contributed by atoms with Crippen LogP contribution in [0.15, 0.2) is 0 Å². The van der Waals surface area contributed by atoms with Crippen LogP contribution in [-0.4, -0.2) is 36.2 Å². The van der Waals surface area contributed by atoms with Crippen molar-refractivity contribution in [3.8, 4) is 0 Å². The summed E-state index contributed by atoms with van der Waals surface area (Å²) in [5, 5.41) is 11.3. The van der Waals surface area contributed by atoms with E-state index in [1.807, 2.05) is 13.8 Å². The van der Waals surface area contributed by atoms with Crippen molar-refractivity contribution in [1.82, 2.24) is 5.32 Å². The van der Waals surface area contributed by atoms with Gasteiger partial charge in [0.15, 0.2) is 0 Å². The number of amides is 1. The number of carboxylic acid groups (broad SMARTS) is 1. The first kappa shape index (κ1) is 15.9. The molecule has 5 nitrogen and oxygen atoms in total. The van der Waals surface area contributed by atoms with Crippen LogP contribution in [-0.2, 0) is 14.3 Å². The Morgan fingerprint density at radius 1 is 1.47 bits per heavy atom. The van der Waals surface area contributed by atoms with Gasteiger partial charge in [-0.1, -0.05) is 13.8 Å². The number of carboxylic acids is 1. The Morgan fingerprint density at radius 3 is 2.47 bits per heavy atom. The molecule has 0 aliphatic rings. The molecule has 0 aromatic rings. The van der Waals surface area contributed by atoms with E-state index in [-0.39, 0.29) is 18.2 Å². The molecule has 0 saturated carbocycles. The summed E-state index contributed by atoms with van der Waals surface area (Å²) in [7, 11) is 1.51. The summed E-state index contributed by atoms with van der Waals surface area (Å²) in [5.41, 5.74) is -0.799. The van der Waals surface area contributed by atoms with Crippen molar-refractivity contribution in [3.05, 3.63) is 0 Å². The molecule has 0 spiro atoms. The third-order valence-corrected chi connectivity index (χ3v) is 3.07. The van der Waals surface area contributed by atoms with Gasteiger partial charge in [-0.15, -0.1) is 0 Å². The van der Waals surface area contributed by atoms with Gasteiger partial charge in [-0.2, -0.15) is 0 Å². The number of hydrogen-bond acceptors (Lipinski definition) is 3. The van der Waals surface area contributed by atoms with E-state index in [1.54, 1.807) is 6.92 Å². The van der Waals surface area contributed by atoms with Gasteiger partial charge in [-0.3, -0.25) is 9.59 Å². The fourth-order valence-corrected chi connectivity index (χ4v) is 1.32. The van der Waals surface area contributed by atoms with E-state index in [0.29, 0.717) is 19.4 Å². The van der Waals surface area contributed by atoms with Crippen molar-refractivity contribution in [2.24, 2.45) is 5.92 Å². The summed E-state index contributed by atoms with van der Waals surface area (Å²) in [5.74, 6) is -0.809. The molecule has 0 fully saturated rings. The predicted molar refractivity (Wildman–Crippen MR) is 64.7 cm³/mol. The number of nitrogens with one attached hydrogen (secondary N) is 1. The normalized spacial score (nSPS) is 16.0. The molecule has 2 unspecified atom stereocenters. The molecule has 0 heterocycles. The molecule has 17 heavy (non-hydrogen) atoms. The Bertz CT molecular complexity index is 261. The van der Waals surface area contributed by atoms with Gasteiger partial charge in [-0.25, -0.2) is 0 Å². The zero-order valence-electron chi connectivity index (χ0n) is 11.1. The topological polar surface area (TPSA) is 75.6 Å². The second kappa shape index (κ2) is 7.27. The summed E-state index contributed by atoms with van der Waals surface area (Å²) in [6, 6.07) is 0. The van der Waals surface area contributed by atoms with Crippen molar-refractivity contribution in [2.45, 2.75) is 45.6 Å². The predicted octanol–water partition coefficient (Wildman–Crippen LogP) is 1.42. The number of ether oxygens (including phenoxy) is 1. The highest BCUT2D eigenvalue weighted by atomic mass is 16.5. The highest BCUT2D eigenvalue weighted by molar-refractivity contribution is 5.84. The monoisotopic (exact) mass is 245 g/mol. The summed E-state index contributed by atoms with van der Waals surface area (Å²) in [6.07, 6.45) is 1.29. The Morgan fingerprint density at radius 2 is 2.06 bits per heavy atom. The highest BCUT2D eigenvalue weighted by Crippen LogP contribution is 2.14. The second-order valence-corrected chi connectivity index (χ2v) is 4.54. The molecule has 0 aliphatic carbocycles. The van der Waals surface area contributed by atoms with Gasteiger partial charge in [0.1, 0.15) is 5.60 Å². The van der Waals surface area contributed by atoms with E-state index in [2.05, 4.69) is 5.32 Å². The molecule has 0 aromatic heterocycles. The average molecular weight is 245 g/mol. The molecule has 0 aliphatic heterocycles. The molecule has 2 N–H and O–H groups in total. The van der Waals surface area contributed by atoms with E-state index in [0.717, 1.165) is 0 Å². The Balaban J connectivity index is 4.02. The molecule has 0 rings (SSSR count). The number of carbonyl (C=O) groups excluding carboxylic acids is 1. The van der Waals surface area contributed by atoms with Crippen LogP contribution < -0.4 is 5.32 Å². The lowest BCUT2D eigenvalue weighted by atomic mass is 10.0. The van der Waals surface area contributed by atoms with Crippen molar-refractivity contribution < 1.29 is 19.4 Å². The molecular weight excluding hydrogens is 222 g/mol. The Kier molecular flexibility index (Phi) is 6.80. The van der Waals surface area contributed by atoms with Gasteiger partial charge in [0, 0.05) is 20.1 Å². The zero-order valence-corrected chi connectivity index (χ0v) is 11.1. The maximum Gasteiger partial charge on any atom is 0.303 e. The van der Waals surface area contributed by atoms with Crippen LogP contribution in [0.2, 0.25) is 0 Å². The fraction of sp³-hybridized carbons (Fsp3) is 0.833. The van der Waals surface area contributed by atoms with Gasteiger partial charge in [-0.05, 0) is 25.7 Å². The molecule has 100 valence electrons. The first-order valence-corrected chi connectivity index (χ1v) is 5.91. The average Bonchev–Trinajstić information content (AvgIpc) is 2.32. The Hall–Kier alpha value is -1.10. The standard InChI is InChI=1S/C12H23NO4/c1-5-12(3,17-4)11(16)13-8-9(2)6-7-10(14)15/h9H,5-8H2,1-4H3,(H,13,16)(H,14,15). The Labute approximate surface area is 103 Å². The quantitative estimate of drug-likeness (QED) is 0.678. The van der Waals surface area contributed by atoms with E-state index < -0.39 is 11.6 Å². The minimum atomic E-state index is -0.807. The van der Waals surface area contributed by atoms with E-state index >= 15 is 0 Å². The highest BCUT2D eigenvalue weighted by Gasteiger charge is 2.30. The SMILES string of the molecule is CCC(C)(OC)C(=O)NCC(C)CCC(=O)O. The van der Waals surface area contributed by atoms with Crippen molar-refractivity contribution in [2.75, 3.05) is 13.7 Å². The minimum absolute atomic E-state index is 0.131. The minimum Gasteiger partial charge on any atom is -0.481 e. The zero-order chi connectivity index (χ0) is 13.5. The molecule has 0 bridgehead atoms.